The summed E-state index contributed by atoms with van der Waals surface area (Å²) in [6.45, 7) is 1.72. The average molecular weight is 478 g/mol. The van der Waals surface area contributed by atoms with Crippen LogP contribution in [0, 0.1) is 17.7 Å². The van der Waals surface area contributed by atoms with Crippen LogP contribution in [0.25, 0.3) is 0 Å². The molecule has 174 valence electrons. The van der Waals surface area contributed by atoms with Crippen LogP contribution in [0.5, 0.6) is 0 Å². The molecule has 0 spiro atoms. The fourth-order valence-electron chi connectivity index (χ4n) is 3.68. The van der Waals surface area contributed by atoms with E-state index in [9.17, 15) is 17.6 Å². The van der Waals surface area contributed by atoms with Crippen molar-refractivity contribution in [1.29, 1.82) is 0 Å². The third kappa shape index (κ3) is 5.63. The molecule has 4 rings (SSSR count). The van der Waals surface area contributed by atoms with Crippen molar-refractivity contribution in [2.24, 2.45) is 0 Å². The monoisotopic (exact) mass is 477 g/mol. The number of hydrogen-bond donors (Lipinski definition) is 1. The van der Waals surface area contributed by atoms with Crippen molar-refractivity contribution in [2.75, 3.05) is 37.6 Å². The van der Waals surface area contributed by atoms with Crippen molar-refractivity contribution in [1.82, 2.24) is 9.62 Å². The second kappa shape index (κ2) is 10.5. The predicted molar refractivity (Wildman–Crippen MR) is 129 cm³/mol. The minimum Gasteiger partial charge on any atom is -0.369 e. The van der Waals surface area contributed by atoms with Crippen LogP contribution in [-0.2, 0) is 10.0 Å². The van der Waals surface area contributed by atoms with E-state index in [2.05, 4.69) is 17.2 Å². The number of nitrogens with one attached hydrogen (secondary N) is 1. The Bertz CT molecular complexity index is 1310. The molecule has 3 aromatic carbocycles. The zero-order valence-electron chi connectivity index (χ0n) is 18.4. The Kier molecular flexibility index (Phi) is 7.26. The Labute approximate surface area is 199 Å². The average Bonchev–Trinajstić information content (AvgIpc) is 2.88. The fourth-order valence-corrected chi connectivity index (χ4v) is 5.15. The molecule has 0 saturated carbocycles. The zero-order chi connectivity index (χ0) is 24.0. The highest BCUT2D eigenvalue weighted by Crippen LogP contribution is 2.22. The first-order chi connectivity index (χ1) is 16.4. The summed E-state index contributed by atoms with van der Waals surface area (Å²) in [5, 5.41) is 2.70. The molecule has 1 aliphatic rings. The zero-order valence-corrected chi connectivity index (χ0v) is 19.3. The van der Waals surface area contributed by atoms with E-state index >= 15 is 0 Å². The van der Waals surface area contributed by atoms with Gasteiger partial charge in [0.1, 0.15) is 5.82 Å². The summed E-state index contributed by atoms with van der Waals surface area (Å²) in [7, 11) is -3.75. The first-order valence-corrected chi connectivity index (χ1v) is 12.3. The second-order valence-electron chi connectivity index (χ2n) is 7.75. The molecule has 1 aliphatic heterocycles. The molecule has 1 saturated heterocycles. The van der Waals surface area contributed by atoms with E-state index < -0.39 is 10.0 Å². The third-order valence-electron chi connectivity index (χ3n) is 5.51. The lowest BCUT2D eigenvalue weighted by atomic mass is 10.2. The molecule has 34 heavy (non-hydrogen) atoms. The van der Waals surface area contributed by atoms with Gasteiger partial charge in [0.2, 0.25) is 10.0 Å². The minimum atomic E-state index is -3.75. The normalized spacial score (nSPS) is 14.2. The van der Waals surface area contributed by atoms with Crippen LogP contribution in [0.3, 0.4) is 0 Å². The second-order valence-corrected chi connectivity index (χ2v) is 9.68. The van der Waals surface area contributed by atoms with Crippen molar-refractivity contribution in [3.63, 3.8) is 0 Å². The lowest BCUT2D eigenvalue weighted by Crippen LogP contribution is -2.48. The lowest BCUT2D eigenvalue weighted by molar-refractivity contribution is 0.0958. The third-order valence-corrected chi connectivity index (χ3v) is 7.40. The highest BCUT2D eigenvalue weighted by molar-refractivity contribution is 7.89. The first kappa shape index (κ1) is 23.5. The highest BCUT2D eigenvalue weighted by Gasteiger charge is 2.29. The highest BCUT2D eigenvalue weighted by atomic mass is 32.2. The van der Waals surface area contributed by atoms with Crippen molar-refractivity contribution < 1.29 is 17.6 Å². The van der Waals surface area contributed by atoms with Gasteiger partial charge in [-0.25, -0.2) is 12.8 Å². The minimum absolute atomic E-state index is 0.0748. The first-order valence-electron chi connectivity index (χ1n) is 10.9. The summed E-state index contributed by atoms with van der Waals surface area (Å²) < 4.78 is 40.9. The SMILES string of the molecule is O=C(NCC#Cc1ccccc1)c1cccc(S(=O)(=O)N2CCN(c3ccc(F)cc3)CC2)c1. The number of piperazine rings is 1. The van der Waals surface area contributed by atoms with Crippen LogP contribution in [0.15, 0.2) is 83.8 Å². The molecule has 0 unspecified atom stereocenters. The number of hydrogen-bond acceptors (Lipinski definition) is 4. The van der Waals surface area contributed by atoms with E-state index in [1.54, 1.807) is 24.3 Å². The van der Waals surface area contributed by atoms with Gasteiger partial charge in [-0.15, -0.1) is 0 Å². The van der Waals surface area contributed by atoms with Gasteiger partial charge >= 0.3 is 0 Å². The molecule has 6 nitrogen and oxygen atoms in total. The van der Waals surface area contributed by atoms with Gasteiger partial charge in [0.15, 0.2) is 0 Å². The van der Waals surface area contributed by atoms with Crippen LogP contribution in [0.1, 0.15) is 15.9 Å². The number of carbonyl (C=O) groups is 1. The Balaban J connectivity index is 1.38. The molecule has 1 fully saturated rings. The number of halogens is 1. The number of benzene rings is 3. The maximum atomic E-state index is 13.2. The predicted octanol–water partition coefficient (Wildman–Crippen LogP) is 3.12. The van der Waals surface area contributed by atoms with Crippen LogP contribution >= 0.6 is 0 Å². The van der Waals surface area contributed by atoms with E-state index in [1.807, 2.05) is 35.2 Å². The van der Waals surface area contributed by atoms with Gasteiger partial charge in [-0.3, -0.25) is 4.79 Å². The van der Waals surface area contributed by atoms with Crippen LogP contribution in [-0.4, -0.2) is 51.4 Å². The molecule has 0 bridgehead atoms. The molecular formula is C26H24FN3O3S. The van der Waals surface area contributed by atoms with Gasteiger partial charge in [-0.2, -0.15) is 4.31 Å². The lowest BCUT2D eigenvalue weighted by Gasteiger charge is -2.35. The Morgan fingerprint density at radius 3 is 2.32 bits per heavy atom. The van der Waals surface area contributed by atoms with E-state index in [4.69, 9.17) is 0 Å². The summed E-state index contributed by atoms with van der Waals surface area (Å²) in [5.41, 5.74) is 1.96. The Morgan fingerprint density at radius 1 is 0.912 bits per heavy atom. The maximum absolute atomic E-state index is 13.2. The smallest absolute Gasteiger partial charge is 0.252 e. The van der Waals surface area contributed by atoms with Gasteiger partial charge in [0.05, 0.1) is 11.4 Å². The number of sulfonamides is 1. The Hall–Kier alpha value is -3.67. The molecule has 8 heteroatoms. The number of anilines is 1. The molecule has 1 heterocycles. The van der Waals surface area contributed by atoms with E-state index in [-0.39, 0.29) is 28.7 Å². The molecule has 1 N–H and O–H groups in total. The van der Waals surface area contributed by atoms with Crippen molar-refractivity contribution in [3.05, 3.63) is 95.8 Å². The summed E-state index contributed by atoms with van der Waals surface area (Å²) in [5.74, 6) is 5.15. The quantitative estimate of drug-likeness (QED) is 0.574. The van der Waals surface area contributed by atoms with Crippen molar-refractivity contribution >= 4 is 21.6 Å². The Morgan fingerprint density at radius 2 is 1.62 bits per heavy atom. The molecule has 0 radical (unpaired) electrons. The summed E-state index contributed by atoms with van der Waals surface area (Å²) in [6.07, 6.45) is 0. The van der Waals surface area contributed by atoms with Gasteiger partial charge in [-0.05, 0) is 54.6 Å². The molecular weight excluding hydrogens is 453 g/mol. The van der Waals surface area contributed by atoms with Crippen LogP contribution in [0.4, 0.5) is 10.1 Å². The largest absolute Gasteiger partial charge is 0.369 e. The summed E-state index contributed by atoms with van der Waals surface area (Å²) >= 11 is 0. The standard InChI is InChI=1S/C26H24FN3O3S/c27-23-11-13-24(14-12-23)29-16-18-30(19-17-29)34(32,33)25-10-4-9-22(20-25)26(31)28-15-5-8-21-6-2-1-3-7-21/h1-4,6-7,9-14,20H,15-19H2,(H,28,31). The number of carbonyl (C=O) groups excluding carboxylic acids is 1. The van der Waals surface area contributed by atoms with Crippen molar-refractivity contribution in [3.8, 4) is 11.8 Å². The van der Waals surface area contributed by atoms with Gasteiger partial charge in [0, 0.05) is 43.0 Å². The van der Waals surface area contributed by atoms with Crippen LogP contribution < -0.4 is 10.2 Å². The molecule has 0 aromatic heterocycles. The van der Waals surface area contributed by atoms with Crippen molar-refractivity contribution in [2.45, 2.75) is 4.90 Å². The number of nitrogens with zero attached hydrogens (tertiary/aromatic N) is 2. The molecule has 1 amide bonds. The van der Waals surface area contributed by atoms with Gasteiger partial charge < -0.3 is 10.2 Å². The summed E-state index contributed by atoms with van der Waals surface area (Å²) in [6, 6.07) is 21.6. The van der Waals surface area contributed by atoms with E-state index in [0.29, 0.717) is 26.2 Å². The van der Waals surface area contributed by atoms with Gasteiger partial charge in [0.25, 0.3) is 5.91 Å². The molecule has 0 atom stereocenters. The topological polar surface area (TPSA) is 69.7 Å². The number of amides is 1. The van der Waals surface area contributed by atoms with E-state index in [0.717, 1.165) is 11.3 Å². The van der Waals surface area contributed by atoms with Gasteiger partial charge in [-0.1, -0.05) is 36.1 Å². The summed E-state index contributed by atoms with van der Waals surface area (Å²) in [4.78, 5) is 14.6. The molecule has 3 aromatic rings. The van der Waals surface area contributed by atoms with Crippen LogP contribution in [0.2, 0.25) is 0 Å². The molecule has 0 aliphatic carbocycles. The maximum Gasteiger partial charge on any atom is 0.252 e. The van der Waals surface area contributed by atoms with E-state index in [1.165, 1.54) is 28.6 Å². The number of rotatable bonds is 5. The fraction of sp³-hybridized carbons (Fsp3) is 0.192.